The maximum atomic E-state index is 13.1. The summed E-state index contributed by atoms with van der Waals surface area (Å²) in [5.74, 6) is 1.20. The van der Waals surface area contributed by atoms with Crippen LogP contribution in [-0.2, 0) is 27.2 Å². The lowest BCUT2D eigenvalue weighted by Gasteiger charge is -2.37. The highest BCUT2D eigenvalue weighted by Crippen LogP contribution is 2.41. The molecule has 1 amide bonds. The van der Waals surface area contributed by atoms with Gasteiger partial charge in [0.1, 0.15) is 5.82 Å². The third-order valence-electron chi connectivity index (χ3n) is 6.89. The summed E-state index contributed by atoms with van der Waals surface area (Å²) in [6.07, 6.45) is 6.77. The van der Waals surface area contributed by atoms with Crippen molar-refractivity contribution in [2.45, 2.75) is 51.9 Å². The van der Waals surface area contributed by atoms with E-state index in [1.807, 2.05) is 6.92 Å². The summed E-state index contributed by atoms with van der Waals surface area (Å²) in [4.78, 5) is 33.8. The van der Waals surface area contributed by atoms with Gasteiger partial charge in [0, 0.05) is 25.3 Å². The highest BCUT2D eigenvalue weighted by Gasteiger charge is 2.47. The lowest BCUT2D eigenvalue weighted by molar-refractivity contribution is -0.145. The van der Waals surface area contributed by atoms with Gasteiger partial charge < -0.3 is 15.0 Å². The van der Waals surface area contributed by atoms with Crippen molar-refractivity contribution < 1.29 is 14.3 Å². The summed E-state index contributed by atoms with van der Waals surface area (Å²) in [5, 5.41) is 3.39. The SMILES string of the molecule is CCOC(=O)CN1CCC2(CC1)CCN(CCCc1ccc3c(n1)NCCC3)C2=O. The number of carbonyl (C=O) groups is 2. The van der Waals surface area contributed by atoms with Crippen LogP contribution in [-0.4, -0.2) is 72.5 Å². The topological polar surface area (TPSA) is 74.8 Å². The molecule has 1 N–H and O–H groups in total. The molecule has 0 aromatic carbocycles. The van der Waals surface area contributed by atoms with E-state index in [2.05, 4.69) is 27.2 Å². The maximum absolute atomic E-state index is 13.1. The molecule has 30 heavy (non-hydrogen) atoms. The molecule has 7 nitrogen and oxygen atoms in total. The molecule has 0 saturated carbocycles. The van der Waals surface area contributed by atoms with Crippen LogP contribution in [0.2, 0.25) is 0 Å². The van der Waals surface area contributed by atoms with Gasteiger partial charge in [-0.2, -0.15) is 0 Å². The molecule has 2 saturated heterocycles. The Morgan fingerprint density at radius 1 is 1.23 bits per heavy atom. The highest BCUT2D eigenvalue weighted by molar-refractivity contribution is 5.85. The summed E-state index contributed by atoms with van der Waals surface area (Å²) in [5.41, 5.74) is 2.21. The molecule has 0 atom stereocenters. The van der Waals surface area contributed by atoms with Gasteiger partial charge in [-0.25, -0.2) is 4.98 Å². The number of hydrogen-bond donors (Lipinski definition) is 1. The Bertz CT molecular complexity index is 774. The third kappa shape index (κ3) is 4.61. The number of carbonyl (C=O) groups excluding carboxylic acids is 2. The fourth-order valence-corrected chi connectivity index (χ4v) is 5.06. The van der Waals surface area contributed by atoms with Crippen LogP contribution in [0.25, 0.3) is 0 Å². The van der Waals surface area contributed by atoms with E-state index in [0.717, 1.165) is 82.8 Å². The van der Waals surface area contributed by atoms with Crippen LogP contribution in [0, 0.1) is 5.41 Å². The Hall–Kier alpha value is -2.15. The molecular formula is C23H34N4O3. The Labute approximate surface area is 179 Å². The van der Waals surface area contributed by atoms with E-state index < -0.39 is 0 Å². The summed E-state index contributed by atoms with van der Waals surface area (Å²) < 4.78 is 5.05. The monoisotopic (exact) mass is 414 g/mol. The Morgan fingerprint density at radius 3 is 2.83 bits per heavy atom. The van der Waals surface area contributed by atoms with Gasteiger partial charge in [0.2, 0.25) is 5.91 Å². The lowest BCUT2D eigenvalue weighted by atomic mass is 9.77. The molecule has 0 aliphatic carbocycles. The van der Waals surface area contributed by atoms with Gasteiger partial charge in [-0.1, -0.05) is 6.07 Å². The quantitative estimate of drug-likeness (QED) is 0.690. The van der Waals surface area contributed by atoms with E-state index in [1.54, 1.807) is 0 Å². The minimum absolute atomic E-state index is 0.168. The number of anilines is 1. The van der Waals surface area contributed by atoms with E-state index in [0.29, 0.717) is 19.1 Å². The predicted molar refractivity (Wildman–Crippen MR) is 115 cm³/mol. The second-order valence-electron chi connectivity index (χ2n) is 8.85. The minimum atomic E-state index is -0.209. The maximum Gasteiger partial charge on any atom is 0.320 e. The second kappa shape index (κ2) is 9.33. The first-order chi connectivity index (χ1) is 14.6. The molecule has 2 fully saturated rings. The van der Waals surface area contributed by atoms with Crippen molar-refractivity contribution in [1.82, 2.24) is 14.8 Å². The Kier molecular flexibility index (Phi) is 6.56. The Balaban J connectivity index is 1.24. The number of fused-ring (bicyclic) bond motifs is 1. The molecule has 4 heterocycles. The van der Waals surface area contributed by atoms with Crippen molar-refractivity contribution >= 4 is 17.7 Å². The number of likely N-dealkylation sites (tertiary alicyclic amines) is 2. The third-order valence-corrected chi connectivity index (χ3v) is 6.89. The molecule has 3 aliphatic rings. The Morgan fingerprint density at radius 2 is 2.03 bits per heavy atom. The molecule has 1 spiro atoms. The van der Waals surface area contributed by atoms with Crippen LogP contribution in [0.3, 0.4) is 0 Å². The fourth-order valence-electron chi connectivity index (χ4n) is 5.06. The number of ether oxygens (including phenoxy) is 1. The van der Waals surface area contributed by atoms with Crippen LogP contribution in [0.15, 0.2) is 12.1 Å². The van der Waals surface area contributed by atoms with Crippen molar-refractivity contribution in [2.24, 2.45) is 5.41 Å². The van der Waals surface area contributed by atoms with Gasteiger partial charge in [0.05, 0.1) is 18.6 Å². The molecule has 0 bridgehead atoms. The number of piperidine rings is 1. The molecule has 0 radical (unpaired) electrons. The summed E-state index contributed by atoms with van der Waals surface area (Å²) in [6.45, 7) is 6.84. The lowest BCUT2D eigenvalue weighted by Crippen LogP contribution is -2.46. The minimum Gasteiger partial charge on any atom is -0.465 e. The first-order valence-electron chi connectivity index (χ1n) is 11.5. The first kappa shape index (κ1) is 21.1. The van der Waals surface area contributed by atoms with Crippen molar-refractivity contribution in [3.63, 3.8) is 0 Å². The number of nitrogens with one attached hydrogen (secondary N) is 1. The predicted octanol–water partition coefficient (Wildman–Crippen LogP) is 2.25. The fraction of sp³-hybridized carbons (Fsp3) is 0.696. The van der Waals surface area contributed by atoms with E-state index >= 15 is 0 Å². The number of aromatic nitrogens is 1. The normalized spacial score (nSPS) is 20.8. The van der Waals surface area contributed by atoms with Crippen molar-refractivity contribution in [3.05, 3.63) is 23.4 Å². The van der Waals surface area contributed by atoms with Gasteiger partial charge in [0.25, 0.3) is 0 Å². The molecule has 3 aliphatic heterocycles. The van der Waals surface area contributed by atoms with Crippen molar-refractivity contribution in [3.8, 4) is 0 Å². The van der Waals surface area contributed by atoms with E-state index in [-0.39, 0.29) is 11.4 Å². The van der Waals surface area contributed by atoms with Gasteiger partial charge in [-0.05, 0) is 76.6 Å². The number of pyridine rings is 1. The van der Waals surface area contributed by atoms with Gasteiger partial charge in [-0.15, -0.1) is 0 Å². The van der Waals surface area contributed by atoms with Gasteiger partial charge >= 0.3 is 5.97 Å². The van der Waals surface area contributed by atoms with E-state index in [9.17, 15) is 9.59 Å². The molecule has 1 aromatic rings. The average Bonchev–Trinajstić information content (AvgIpc) is 3.05. The van der Waals surface area contributed by atoms with Crippen LogP contribution < -0.4 is 5.32 Å². The number of esters is 1. The van der Waals surface area contributed by atoms with E-state index in [4.69, 9.17) is 9.72 Å². The van der Waals surface area contributed by atoms with Crippen LogP contribution in [0.4, 0.5) is 5.82 Å². The van der Waals surface area contributed by atoms with Crippen LogP contribution >= 0.6 is 0 Å². The molecule has 0 unspecified atom stereocenters. The van der Waals surface area contributed by atoms with E-state index in [1.165, 1.54) is 12.0 Å². The van der Waals surface area contributed by atoms with Crippen molar-refractivity contribution in [2.75, 3.05) is 51.2 Å². The molecule has 4 rings (SSSR count). The molecule has 164 valence electrons. The largest absolute Gasteiger partial charge is 0.465 e. The standard InChI is InChI=1S/C23H34N4O3/c1-2-30-20(28)17-26-14-9-23(10-15-26)11-16-27(22(23)29)13-4-6-19-8-7-18-5-3-12-24-21(18)25-19/h7-8H,2-6,9-17H2,1H3,(H,24,25). The number of aryl methyl sites for hydroxylation is 2. The van der Waals surface area contributed by atoms with Crippen LogP contribution in [0.1, 0.15) is 50.3 Å². The summed E-state index contributed by atoms with van der Waals surface area (Å²) in [7, 11) is 0. The van der Waals surface area contributed by atoms with Gasteiger partial charge in [-0.3, -0.25) is 14.5 Å². The number of hydrogen-bond acceptors (Lipinski definition) is 6. The van der Waals surface area contributed by atoms with Gasteiger partial charge in [0.15, 0.2) is 0 Å². The number of rotatable bonds is 7. The van der Waals surface area contributed by atoms with Crippen molar-refractivity contribution in [1.29, 1.82) is 0 Å². The molecule has 7 heteroatoms. The first-order valence-corrected chi connectivity index (χ1v) is 11.5. The zero-order chi connectivity index (χ0) is 21.0. The summed E-state index contributed by atoms with van der Waals surface area (Å²) in [6, 6.07) is 4.34. The number of nitrogens with zero attached hydrogens (tertiary/aromatic N) is 3. The second-order valence-corrected chi connectivity index (χ2v) is 8.85. The zero-order valence-corrected chi connectivity index (χ0v) is 18.1. The average molecular weight is 415 g/mol. The number of amides is 1. The zero-order valence-electron chi connectivity index (χ0n) is 18.1. The molecular weight excluding hydrogens is 380 g/mol. The summed E-state index contributed by atoms with van der Waals surface area (Å²) >= 11 is 0. The highest BCUT2D eigenvalue weighted by atomic mass is 16.5. The van der Waals surface area contributed by atoms with Crippen LogP contribution in [0.5, 0.6) is 0 Å². The molecule has 1 aromatic heterocycles. The smallest absolute Gasteiger partial charge is 0.320 e.